The van der Waals surface area contributed by atoms with Crippen molar-refractivity contribution in [1.82, 2.24) is 9.55 Å². The van der Waals surface area contributed by atoms with Gasteiger partial charge in [-0.2, -0.15) is 0 Å². The third-order valence-corrected chi connectivity index (χ3v) is 4.52. The van der Waals surface area contributed by atoms with Crippen molar-refractivity contribution in [2.75, 3.05) is 6.61 Å². The van der Waals surface area contributed by atoms with Crippen molar-refractivity contribution in [3.8, 4) is 0 Å². The lowest BCUT2D eigenvalue weighted by Crippen LogP contribution is -2.36. The average molecular weight is 352 g/mol. The average Bonchev–Trinajstić information content (AvgIpc) is 2.64. The highest BCUT2D eigenvalue weighted by Crippen LogP contribution is 2.19. The lowest BCUT2D eigenvalue weighted by Gasteiger charge is -2.16. The molecule has 0 aliphatic heterocycles. The molecule has 5 nitrogen and oxygen atoms in total. The van der Waals surface area contributed by atoms with Gasteiger partial charge in [-0.3, -0.25) is 14.3 Å². The van der Waals surface area contributed by atoms with Gasteiger partial charge in [-0.1, -0.05) is 55.8 Å². The standard InChI is InChI=1S/C21H24N2O3/c1-3-7-18-19(23(14-26-4-2)21(25)22-20(18)24)13-15-10-11-16-8-5-6-9-17(16)12-15/h5-6,8-12H,3-4,7,13-14H2,1-2H3,(H,22,24,25). The largest absolute Gasteiger partial charge is 0.361 e. The minimum Gasteiger partial charge on any atom is -0.361 e. The number of aromatic amines is 1. The summed E-state index contributed by atoms with van der Waals surface area (Å²) in [5.74, 6) is 0. The van der Waals surface area contributed by atoms with Gasteiger partial charge in [0.15, 0.2) is 0 Å². The Balaban J connectivity index is 2.10. The lowest BCUT2D eigenvalue weighted by atomic mass is 10.00. The van der Waals surface area contributed by atoms with E-state index in [0.717, 1.165) is 23.1 Å². The fraction of sp³-hybridized carbons (Fsp3) is 0.333. The second-order valence-corrected chi connectivity index (χ2v) is 6.34. The Kier molecular flexibility index (Phi) is 5.68. The van der Waals surface area contributed by atoms with E-state index in [1.807, 2.05) is 26.0 Å². The molecule has 3 rings (SSSR count). The van der Waals surface area contributed by atoms with Gasteiger partial charge in [-0.25, -0.2) is 4.79 Å². The van der Waals surface area contributed by atoms with E-state index in [0.29, 0.717) is 25.0 Å². The van der Waals surface area contributed by atoms with E-state index in [4.69, 9.17) is 4.74 Å². The maximum Gasteiger partial charge on any atom is 0.330 e. The third kappa shape index (κ3) is 3.78. The minimum atomic E-state index is -0.418. The zero-order valence-corrected chi connectivity index (χ0v) is 15.2. The zero-order valence-electron chi connectivity index (χ0n) is 15.2. The Morgan fingerprint density at radius 3 is 2.54 bits per heavy atom. The Labute approximate surface area is 152 Å². The molecule has 5 heteroatoms. The number of ether oxygens (including phenoxy) is 1. The lowest BCUT2D eigenvalue weighted by molar-refractivity contribution is 0.0822. The molecule has 0 unspecified atom stereocenters. The van der Waals surface area contributed by atoms with Gasteiger partial charge in [0, 0.05) is 24.3 Å². The van der Waals surface area contributed by atoms with Crippen LogP contribution < -0.4 is 11.2 Å². The molecule has 0 amide bonds. The van der Waals surface area contributed by atoms with E-state index in [2.05, 4.69) is 35.3 Å². The Morgan fingerprint density at radius 2 is 1.81 bits per heavy atom. The van der Waals surface area contributed by atoms with Crippen LogP contribution in [0.5, 0.6) is 0 Å². The number of hydrogen-bond acceptors (Lipinski definition) is 3. The Bertz CT molecular complexity index is 1020. The van der Waals surface area contributed by atoms with E-state index in [1.54, 1.807) is 4.57 Å². The van der Waals surface area contributed by atoms with Crippen molar-refractivity contribution >= 4 is 10.8 Å². The van der Waals surface area contributed by atoms with E-state index in [9.17, 15) is 9.59 Å². The first-order chi connectivity index (χ1) is 12.6. The van der Waals surface area contributed by atoms with Gasteiger partial charge in [-0.15, -0.1) is 0 Å². The number of fused-ring (bicyclic) bond motifs is 1. The number of hydrogen-bond donors (Lipinski definition) is 1. The van der Waals surface area contributed by atoms with Gasteiger partial charge in [-0.05, 0) is 29.7 Å². The highest BCUT2D eigenvalue weighted by molar-refractivity contribution is 5.83. The molecular formula is C21H24N2O3. The molecule has 0 bridgehead atoms. The molecule has 0 fully saturated rings. The second kappa shape index (κ2) is 8.15. The van der Waals surface area contributed by atoms with Crippen molar-refractivity contribution in [2.24, 2.45) is 0 Å². The van der Waals surface area contributed by atoms with Crippen molar-refractivity contribution < 1.29 is 4.74 Å². The molecule has 3 aromatic rings. The van der Waals surface area contributed by atoms with Crippen molar-refractivity contribution in [2.45, 2.75) is 39.8 Å². The molecule has 0 spiro atoms. The van der Waals surface area contributed by atoms with Crippen LogP contribution in [-0.2, 0) is 24.3 Å². The predicted molar refractivity (Wildman–Crippen MR) is 104 cm³/mol. The molecule has 1 aromatic heterocycles. The topological polar surface area (TPSA) is 64.1 Å². The van der Waals surface area contributed by atoms with Crippen LogP contribution in [0.3, 0.4) is 0 Å². The smallest absolute Gasteiger partial charge is 0.330 e. The molecule has 0 saturated carbocycles. The summed E-state index contributed by atoms with van der Waals surface area (Å²) in [6, 6.07) is 14.4. The van der Waals surface area contributed by atoms with Crippen LogP contribution in [0.1, 0.15) is 37.1 Å². The summed E-state index contributed by atoms with van der Waals surface area (Å²) in [6.45, 7) is 4.56. The number of benzene rings is 2. The predicted octanol–water partition coefficient (Wildman–Crippen LogP) is 3.23. The molecule has 2 aromatic carbocycles. The van der Waals surface area contributed by atoms with Crippen LogP contribution in [0, 0.1) is 0 Å². The van der Waals surface area contributed by atoms with Crippen LogP contribution in [0.2, 0.25) is 0 Å². The molecule has 0 radical (unpaired) electrons. The van der Waals surface area contributed by atoms with E-state index in [-0.39, 0.29) is 12.3 Å². The molecule has 1 heterocycles. The summed E-state index contributed by atoms with van der Waals surface area (Å²) < 4.78 is 7.01. The summed E-state index contributed by atoms with van der Waals surface area (Å²) in [4.78, 5) is 27.2. The van der Waals surface area contributed by atoms with Crippen LogP contribution >= 0.6 is 0 Å². The SMILES string of the molecule is CCCc1c(Cc2ccc3ccccc3c2)n(COCC)c(=O)[nH]c1=O. The quantitative estimate of drug-likeness (QED) is 0.710. The third-order valence-electron chi connectivity index (χ3n) is 4.52. The fourth-order valence-electron chi connectivity index (χ4n) is 3.23. The van der Waals surface area contributed by atoms with Gasteiger partial charge in [0.05, 0.1) is 0 Å². The Morgan fingerprint density at radius 1 is 1.04 bits per heavy atom. The maximum atomic E-state index is 12.4. The normalized spacial score (nSPS) is 11.2. The molecule has 1 N–H and O–H groups in total. The monoisotopic (exact) mass is 352 g/mol. The van der Waals surface area contributed by atoms with E-state index in [1.165, 1.54) is 5.39 Å². The highest BCUT2D eigenvalue weighted by atomic mass is 16.5. The number of nitrogens with zero attached hydrogens (tertiary/aromatic N) is 1. The van der Waals surface area contributed by atoms with Crippen molar-refractivity contribution in [3.05, 3.63) is 80.1 Å². The van der Waals surface area contributed by atoms with Crippen LogP contribution in [0.4, 0.5) is 0 Å². The summed E-state index contributed by atoms with van der Waals surface area (Å²) in [5, 5.41) is 2.31. The van der Waals surface area contributed by atoms with Crippen LogP contribution in [0.15, 0.2) is 52.1 Å². The summed E-state index contributed by atoms with van der Waals surface area (Å²) in [5.41, 5.74) is 1.76. The fourth-order valence-corrected chi connectivity index (χ4v) is 3.23. The van der Waals surface area contributed by atoms with Gasteiger partial charge in [0.25, 0.3) is 5.56 Å². The first-order valence-corrected chi connectivity index (χ1v) is 9.04. The van der Waals surface area contributed by atoms with Crippen LogP contribution in [-0.4, -0.2) is 16.2 Å². The maximum absolute atomic E-state index is 12.4. The number of H-pyrrole nitrogens is 1. The number of aromatic nitrogens is 2. The summed E-state index contributed by atoms with van der Waals surface area (Å²) in [6.07, 6.45) is 1.98. The van der Waals surface area contributed by atoms with Gasteiger partial charge in [0.2, 0.25) is 0 Å². The highest BCUT2D eigenvalue weighted by Gasteiger charge is 2.15. The van der Waals surface area contributed by atoms with Gasteiger partial charge in [0.1, 0.15) is 6.73 Å². The molecule has 26 heavy (non-hydrogen) atoms. The Hall–Kier alpha value is -2.66. The molecule has 0 saturated heterocycles. The summed E-state index contributed by atoms with van der Waals surface area (Å²) >= 11 is 0. The molecule has 136 valence electrons. The zero-order chi connectivity index (χ0) is 18.5. The molecule has 0 aliphatic carbocycles. The second-order valence-electron chi connectivity index (χ2n) is 6.34. The van der Waals surface area contributed by atoms with Gasteiger partial charge >= 0.3 is 5.69 Å². The summed E-state index contributed by atoms with van der Waals surface area (Å²) in [7, 11) is 0. The first kappa shape index (κ1) is 18.1. The van der Waals surface area contributed by atoms with E-state index < -0.39 is 5.69 Å². The van der Waals surface area contributed by atoms with Crippen LogP contribution in [0.25, 0.3) is 10.8 Å². The molecule has 0 aliphatic rings. The molecule has 0 atom stereocenters. The van der Waals surface area contributed by atoms with E-state index >= 15 is 0 Å². The van der Waals surface area contributed by atoms with Crippen molar-refractivity contribution in [3.63, 3.8) is 0 Å². The first-order valence-electron chi connectivity index (χ1n) is 9.04. The van der Waals surface area contributed by atoms with Gasteiger partial charge < -0.3 is 4.74 Å². The molecular weight excluding hydrogens is 328 g/mol. The number of nitrogens with one attached hydrogen (secondary N) is 1. The minimum absolute atomic E-state index is 0.145. The van der Waals surface area contributed by atoms with Crippen molar-refractivity contribution in [1.29, 1.82) is 0 Å². The number of rotatable bonds is 7.